The Hall–Kier alpha value is -1.82. The second-order valence-corrected chi connectivity index (χ2v) is 7.49. The molecule has 0 unspecified atom stereocenters. The molecule has 0 bridgehead atoms. The Morgan fingerprint density at radius 1 is 1.28 bits per heavy atom. The second-order valence-electron chi connectivity index (χ2n) is 5.54. The van der Waals surface area contributed by atoms with Crippen LogP contribution in [0.3, 0.4) is 0 Å². The van der Waals surface area contributed by atoms with E-state index < -0.39 is 5.97 Å². The summed E-state index contributed by atoms with van der Waals surface area (Å²) in [5.41, 5.74) is 2.16. The molecular formula is C18H15Cl2NO3S. The third kappa shape index (κ3) is 3.89. The lowest BCUT2D eigenvalue weighted by molar-refractivity contribution is -0.111. The molecule has 0 radical (unpaired) electrons. The van der Waals surface area contributed by atoms with Crippen molar-refractivity contribution in [3.63, 3.8) is 0 Å². The lowest BCUT2D eigenvalue weighted by Crippen LogP contribution is -2.12. The summed E-state index contributed by atoms with van der Waals surface area (Å²) in [5.74, 6) is -0.754. The number of methoxy groups -OCH3 is 1. The molecule has 1 amide bonds. The predicted octanol–water partition coefficient (Wildman–Crippen LogP) is 4.98. The maximum Gasteiger partial charge on any atom is 0.341 e. The Morgan fingerprint density at radius 2 is 2.08 bits per heavy atom. The van der Waals surface area contributed by atoms with Crippen molar-refractivity contribution in [2.24, 2.45) is 0 Å². The van der Waals surface area contributed by atoms with Gasteiger partial charge in [0.05, 0.1) is 12.7 Å². The quantitative estimate of drug-likeness (QED) is 0.586. The van der Waals surface area contributed by atoms with E-state index in [1.165, 1.54) is 24.5 Å². The maximum absolute atomic E-state index is 12.2. The number of halogens is 2. The molecule has 1 aliphatic carbocycles. The number of carbonyl (C=O) groups is 2. The van der Waals surface area contributed by atoms with Gasteiger partial charge >= 0.3 is 5.97 Å². The van der Waals surface area contributed by atoms with Gasteiger partial charge in [0.2, 0.25) is 5.91 Å². The van der Waals surface area contributed by atoms with E-state index in [9.17, 15) is 9.59 Å². The van der Waals surface area contributed by atoms with Gasteiger partial charge in [-0.2, -0.15) is 0 Å². The zero-order valence-corrected chi connectivity index (χ0v) is 15.7. The van der Waals surface area contributed by atoms with E-state index in [-0.39, 0.29) is 5.91 Å². The lowest BCUT2D eigenvalue weighted by atomic mass is 10.1. The predicted molar refractivity (Wildman–Crippen MR) is 102 cm³/mol. The molecule has 1 N–H and O–H groups in total. The third-order valence-electron chi connectivity index (χ3n) is 3.92. The van der Waals surface area contributed by atoms with Crippen molar-refractivity contribution in [3.05, 3.63) is 55.9 Å². The van der Waals surface area contributed by atoms with Gasteiger partial charge in [-0.3, -0.25) is 4.79 Å². The van der Waals surface area contributed by atoms with Crippen LogP contribution in [0.25, 0.3) is 6.08 Å². The van der Waals surface area contributed by atoms with Crippen LogP contribution in [-0.2, 0) is 22.4 Å². The van der Waals surface area contributed by atoms with Gasteiger partial charge < -0.3 is 10.1 Å². The molecule has 3 rings (SSSR count). The molecule has 1 aromatic carbocycles. The number of anilines is 1. The fourth-order valence-corrected chi connectivity index (χ4v) is 4.52. The SMILES string of the molecule is COC(=O)c1c(NC(=O)/C=C/c2ccc(Cl)cc2Cl)sc2c1CCC2. The van der Waals surface area contributed by atoms with Crippen molar-refractivity contribution in [2.75, 3.05) is 12.4 Å². The van der Waals surface area contributed by atoms with Crippen LogP contribution in [0.15, 0.2) is 24.3 Å². The second kappa shape index (κ2) is 7.60. The number of amides is 1. The Balaban J connectivity index is 1.79. The summed E-state index contributed by atoms with van der Waals surface area (Å²) in [6.45, 7) is 0. The van der Waals surface area contributed by atoms with E-state index in [4.69, 9.17) is 27.9 Å². The molecule has 0 saturated heterocycles. The Morgan fingerprint density at radius 3 is 2.80 bits per heavy atom. The van der Waals surface area contributed by atoms with Crippen LogP contribution in [-0.4, -0.2) is 19.0 Å². The molecule has 1 aromatic heterocycles. The number of hydrogen-bond donors (Lipinski definition) is 1. The number of nitrogens with one attached hydrogen (secondary N) is 1. The van der Waals surface area contributed by atoms with Gasteiger partial charge in [-0.15, -0.1) is 11.3 Å². The molecule has 0 atom stereocenters. The minimum atomic E-state index is -0.417. The number of esters is 1. The van der Waals surface area contributed by atoms with E-state index in [1.807, 2.05) is 0 Å². The van der Waals surface area contributed by atoms with E-state index in [0.29, 0.717) is 26.2 Å². The van der Waals surface area contributed by atoms with Gasteiger partial charge in [0.15, 0.2) is 0 Å². The summed E-state index contributed by atoms with van der Waals surface area (Å²) in [6, 6.07) is 5.04. The molecule has 7 heteroatoms. The number of hydrogen-bond acceptors (Lipinski definition) is 4. The van der Waals surface area contributed by atoms with E-state index in [0.717, 1.165) is 29.7 Å². The molecule has 2 aromatic rings. The summed E-state index contributed by atoms with van der Waals surface area (Å²) in [4.78, 5) is 25.5. The number of benzene rings is 1. The van der Waals surface area contributed by atoms with Gasteiger partial charge in [0.1, 0.15) is 5.00 Å². The van der Waals surface area contributed by atoms with Crippen LogP contribution in [0, 0.1) is 0 Å². The van der Waals surface area contributed by atoms with Crippen molar-refractivity contribution in [1.29, 1.82) is 0 Å². The number of carbonyl (C=O) groups excluding carboxylic acids is 2. The molecule has 0 saturated carbocycles. The third-order valence-corrected chi connectivity index (χ3v) is 5.69. The zero-order chi connectivity index (χ0) is 18.0. The minimum absolute atomic E-state index is 0.337. The summed E-state index contributed by atoms with van der Waals surface area (Å²) < 4.78 is 4.87. The van der Waals surface area contributed by atoms with Crippen molar-refractivity contribution in [3.8, 4) is 0 Å². The first-order valence-electron chi connectivity index (χ1n) is 7.66. The first-order valence-corrected chi connectivity index (χ1v) is 9.24. The van der Waals surface area contributed by atoms with Crippen LogP contribution in [0.4, 0.5) is 5.00 Å². The fraction of sp³-hybridized carbons (Fsp3) is 0.222. The van der Waals surface area contributed by atoms with E-state index >= 15 is 0 Å². The van der Waals surface area contributed by atoms with Crippen molar-refractivity contribution >= 4 is 57.5 Å². The summed E-state index contributed by atoms with van der Waals surface area (Å²) >= 11 is 13.4. The Labute approximate surface area is 159 Å². The number of rotatable bonds is 4. The Bertz CT molecular complexity index is 873. The fourth-order valence-electron chi connectivity index (χ4n) is 2.77. The molecule has 1 heterocycles. The van der Waals surface area contributed by atoms with E-state index in [2.05, 4.69) is 5.32 Å². The number of thiophene rings is 1. The highest BCUT2D eigenvalue weighted by molar-refractivity contribution is 7.17. The zero-order valence-electron chi connectivity index (χ0n) is 13.4. The molecule has 25 heavy (non-hydrogen) atoms. The molecule has 0 spiro atoms. The largest absolute Gasteiger partial charge is 0.465 e. The van der Waals surface area contributed by atoms with Crippen molar-refractivity contribution in [2.45, 2.75) is 19.3 Å². The van der Waals surface area contributed by atoms with Crippen LogP contribution in [0.1, 0.15) is 32.8 Å². The maximum atomic E-state index is 12.2. The molecule has 4 nitrogen and oxygen atoms in total. The van der Waals surface area contributed by atoms with Gasteiger partial charge in [-0.05, 0) is 48.6 Å². The minimum Gasteiger partial charge on any atom is -0.465 e. The van der Waals surface area contributed by atoms with Crippen LogP contribution >= 0.6 is 34.5 Å². The summed E-state index contributed by atoms with van der Waals surface area (Å²) in [5, 5.41) is 4.30. The van der Waals surface area contributed by atoms with Crippen LogP contribution < -0.4 is 5.32 Å². The summed E-state index contributed by atoms with van der Waals surface area (Å²) in [6.07, 6.45) is 5.76. The molecule has 0 aliphatic heterocycles. The van der Waals surface area contributed by atoms with Crippen LogP contribution in [0.5, 0.6) is 0 Å². The van der Waals surface area contributed by atoms with Gasteiger partial charge in [-0.25, -0.2) is 4.79 Å². The number of aryl methyl sites for hydroxylation is 1. The average Bonchev–Trinajstić information content (AvgIpc) is 3.14. The normalized spacial score (nSPS) is 13.1. The average molecular weight is 396 g/mol. The first kappa shape index (κ1) is 18.0. The lowest BCUT2D eigenvalue weighted by Gasteiger charge is -2.05. The topological polar surface area (TPSA) is 55.4 Å². The molecular weight excluding hydrogens is 381 g/mol. The highest BCUT2D eigenvalue weighted by Crippen LogP contribution is 2.39. The molecule has 130 valence electrons. The monoisotopic (exact) mass is 395 g/mol. The standard InChI is InChI=1S/C18H15Cl2NO3S/c1-24-18(23)16-12-3-2-4-14(12)25-17(16)21-15(22)8-6-10-5-7-11(19)9-13(10)20/h5-9H,2-4H2,1H3,(H,21,22)/b8-6+. The first-order chi connectivity index (χ1) is 12.0. The summed E-state index contributed by atoms with van der Waals surface area (Å²) in [7, 11) is 1.34. The molecule has 0 fully saturated rings. The highest BCUT2D eigenvalue weighted by atomic mass is 35.5. The number of fused-ring (bicyclic) bond motifs is 1. The van der Waals surface area contributed by atoms with Crippen LogP contribution in [0.2, 0.25) is 10.0 Å². The van der Waals surface area contributed by atoms with Crippen molar-refractivity contribution < 1.29 is 14.3 Å². The number of ether oxygens (including phenoxy) is 1. The molecule has 1 aliphatic rings. The van der Waals surface area contributed by atoms with Gasteiger partial charge in [0, 0.05) is 21.0 Å². The Kier molecular flexibility index (Phi) is 5.47. The van der Waals surface area contributed by atoms with Gasteiger partial charge in [0.25, 0.3) is 0 Å². The van der Waals surface area contributed by atoms with Crippen molar-refractivity contribution in [1.82, 2.24) is 0 Å². The van der Waals surface area contributed by atoms with Gasteiger partial charge in [-0.1, -0.05) is 29.3 Å². The highest BCUT2D eigenvalue weighted by Gasteiger charge is 2.27. The smallest absolute Gasteiger partial charge is 0.341 e. The van der Waals surface area contributed by atoms with E-state index in [1.54, 1.807) is 24.3 Å².